The van der Waals surface area contributed by atoms with E-state index in [2.05, 4.69) is 0 Å². The Bertz CT molecular complexity index is 923. The summed E-state index contributed by atoms with van der Waals surface area (Å²) in [6.45, 7) is 1.71. The molecule has 5 nitrogen and oxygen atoms in total. The average Bonchev–Trinajstić information content (AvgIpc) is 2.51. The van der Waals surface area contributed by atoms with Gasteiger partial charge >= 0.3 is 6.18 Å². The molecule has 0 bridgehead atoms. The van der Waals surface area contributed by atoms with E-state index < -0.39 is 21.8 Å². The zero-order chi connectivity index (χ0) is 20.4. The number of aryl methyl sites for hydroxylation is 2. The van der Waals surface area contributed by atoms with Crippen molar-refractivity contribution in [1.82, 2.24) is 0 Å². The van der Waals surface area contributed by atoms with E-state index in [0.717, 1.165) is 12.1 Å². The predicted molar refractivity (Wildman–Crippen MR) is 94.5 cm³/mol. The molecule has 2 rings (SSSR count). The van der Waals surface area contributed by atoms with Crippen molar-refractivity contribution in [1.29, 1.82) is 0 Å². The Balaban J connectivity index is 2.15. The summed E-state index contributed by atoms with van der Waals surface area (Å²) in [6, 6.07) is 5.20. The fourth-order valence-electron chi connectivity index (χ4n) is 2.56. The maximum atomic E-state index is 13.1. The van der Waals surface area contributed by atoms with Gasteiger partial charge in [-0.05, 0) is 55.2 Å². The van der Waals surface area contributed by atoms with Gasteiger partial charge in [-0.2, -0.15) is 13.2 Å². The number of rotatable bonds is 6. The quantitative estimate of drug-likeness (QED) is 0.686. The highest BCUT2D eigenvalue weighted by atomic mass is 35.5. The van der Waals surface area contributed by atoms with E-state index in [0.29, 0.717) is 17.4 Å². The molecular weight excluding hydrogens is 407 g/mol. The minimum atomic E-state index is -4.62. The van der Waals surface area contributed by atoms with Crippen molar-refractivity contribution >= 4 is 21.6 Å². The minimum Gasteiger partial charge on any atom is -0.508 e. The lowest BCUT2D eigenvalue weighted by Gasteiger charge is -2.15. The third kappa shape index (κ3) is 5.50. The normalized spacial score (nSPS) is 12.2. The van der Waals surface area contributed by atoms with Crippen LogP contribution in [0, 0.1) is 6.92 Å². The topological polar surface area (TPSA) is 89.6 Å². The van der Waals surface area contributed by atoms with Crippen molar-refractivity contribution in [3.05, 3.63) is 52.0 Å². The van der Waals surface area contributed by atoms with E-state index in [-0.39, 0.29) is 40.7 Å². The van der Waals surface area contributed by atoms with Crippen LogP contribution in [-0.4, -0.2) is 20.1 Å². The molecule has 3 N–H and O–H groups in total. The zero-order valence-corrected chi connectivity index (χ0v) is 15.7. The maximum Gasteiger partial charge on any atom is 0.416 e. The van der Waals surface area contributed by atoms with Crippen LogP contribution < -0.4 is 9.88 Å². The number of aromatic hydroxyl groups is 1. The van der Waals surface area contributed by atoms with Gasteiger partial charge in [-0.1, -0.05) is 11.6 Å². The number of alkyl halides is 3. The van der Waals surface area contributed by atoms with Crippen molar-refractivity contribution in [2.24, 2.45) is 5.14 Å². The first kappa shape index (κ1) is 21.3. The lowest BCUT2D eigenvalue weighted by atomic mass is 10.0. The number of primary sulfonamides is 1. The Labute approximate surface area is 159 Å². The summed E-state index contributed by atoms with van der Waals surface area (Å²) in [7, 11) is -4.12. The molecule has 27 heavy (non-hydrogen) atoms. The summed E-state index contributed by atoms with van der Waals surface area (Å²) in [6.07, 6.45) is -4.52. The second kappa shape index (κ2) is 7.95. The second-order valence-electron chi connectivity index (χ2n) is 5.89. The van der Waals surface area contributed by atoms with E-state index in [1.165, 1.54) is 12.1 Å². The largest absolute Gasteiger partial charge is 0.508 e. The molecule has 2 aromatic carbocycles. The molecule has 0 aliphatic carbocycles. The van der Waals surface area contributed by atoms with Gasteiger partial charge in [0, 0.05) is 6.07 Å². The first-order chi connectivity index (χ1) is 12.4. The molecule has 0 aromatic heterocycles. The van der Waals surface area contributed by atoms with Gasteiger partial charge in [-0.3, -0.25) is 0 Å². The number of sulfonamides is 1. The van der Waals surface area contributed by atoms with Crippen LogP contribution in [0.4, 0.5) is 13.2 Å². The van der Waals surface area contributed by atoms with E-state index >= 15 is 0 Å². The predicted octanol–water partition coefficient (Wildman–Crippen LogP) is 4.03. The van der Waals surface area contributed by atoms with E-state index in [9.17, 15) is 26.7 Å². The fraction of sp³-hybridized carbons (Fsp3) is 0.294. The lowest BCUT2D eigenvalue weighted by molar-refractivity contribution is -0.138. The van der Waals surface area contributed by atoms with Gasteiger partial charge < -0.3 is 9.84 Å². The lowest BCUT2D eigenvalue weighted by Crippen LogP contribution is -2.15. The van der Waals surface area contributed by atoms with Crippen LogP contribution >= 0.6 is 11.6 Å². The monoisotopic (exact) mass is 423 g/mol. The van der Waals surface area contributed by atoms with E-state index in [1.54, 1.807) is 6.92 Å². The number of nitrogens with two attached hydrogens (primary N) is 1. The Morgan fingerprint density at radius 2 is 1.89 bits per heavy atom. The number of phenols is 1. The molecular formula is C17H17ClF3NO4S. The first-order valence-corrected chi connectivity index (χ1v) is 9.67. The Morgan fingerprint density at radius 1 is 1.22 bits per heavy atom. The third-order valence-electron chi connectivity index (χ3n) is 3.76. The Morgan fingerprint density at radius 3 is 2.44 bits per heavy atom. The molecule has 0 unspecified atom stereocenters. The second-order valence-corrected chi connectivity index (χ2v) is 7.86. The summed E-state index contributed by atoms with van der Waals surface area (Å²) < 4.78 is 67.7. The van der Waals surface area contributed by atoms with Crippen LogP contribution in [0.1, 0.15) is 23.1 Å². The number of ether oxygens (including phenoxy) is 1. The van der Waals surface area contributed by atoms with Gasteiger partial charge in [0.1, 0.15) is 11.5 Å². The average molecular weight is 424 g/mol. The van der Waals surface area contributed by atoms with Gasteiger partial charge in [0.25, 0.3) is 0 Å². The summed E-state index contributed by atoms with van der Waals surface area (Å²) in [5.41, 5.74) is -0.535. The number of benzene rings is 2. The number of phenolic OH excluding ortho intramolecular Hbond substituents is 1. The van der Waals surface area contributed by atoms with Crippen molar-refractivity contribution < 1.29 is 31.4 Å². The molecule has 0 fully saturated rings. The number of hydrogen-bond donors (Lipinski definition) is 2. The van der Waals surface area contributed by atoms with Gasteiger partial charge in [-0.15, -0.1) is 0 Å². The summed E-state index contributed by atoms with van der Waals surface area (Å²) in [5, 5.41) is 14.6. The molecule has 148 valence electrons. The summed E-state index contributed by atoms with van der Waals surface area (Å²) >= 11 is 5.97. The van der Waals surface area contributed by atoms with Crippen LogP contribution in [0.5, 0.6) is 11.5 Å². The van der Waals surface area contributed by atoms with Gasteiger partial charge in [-0.25, -0.2) is 13.6 Å². The van der Waals surface area contributed by atoms with Gasteiger partial charge in [0.2, 0.25) is 10.0 Å². The zero-order valence-electron chi connectivity index (χ0n) is 14.2. The van der Waals surface area contributed by atoms with Crippen molar-refractivity contribution in [3.63, 3.8) is 0 Å². The summed E-state index contributed by atoms with van der Waals surface area (Å²) in [4.78, 5) is -0.385. The molecule has 0 aliphatic heterocycles. The highest BCUT2D eigenvalue weighted by Gasteiger charge is 2.33. The third-order valence-corrected chi connectivity index (χ3v) is 4.95. The highest BCUT2D eigenvalue weighted by molar-refractivity contribution is 7.89. The Kier molecular flexibility index (Phi) is 6.28. The molecule has 0 spiro atoms. The standard InChI is InChI=1S/C17H17ClF3NO4S/c1-10-7-12(23)9-15(18)16(10)26-6-2-3-11-8-13(27(22,24)25)4-5-14(11)17(19,20)21/h4-5,7-9,23H,2-3,6H2,1H3,(H2,22,24,25). The van der Waals surface area contributed by atoms with Crippen LogP contribution in [0.15, 0.2) is 35.2 Å². The molecule has 0 saturated heterocycles. The van der Waals surface area contributed by atoms with Crippen LogP contribution in [0.2, 0.25) is 5.02 Å². The maximum absolute atomic E-state index is 13.1. The molecule has 2 aromatic rings. The van der Waals surface area contributed by atoms with E-state index in [1.807, 2.05) is 0 Å². The van der Waals surface area contributed by atoms with Gasteiger partial charge in [0.15, 0.2) is 0 Å². The molecule has 0 radical (unpaired) electrons. The van der Waals surface area contributed by atoms with Crippen LogP contribution in [0.25, 0.3) is 0 Å². The molecule has 0 amide bonds. The SMILES string of the molecule is Cc1cc(O)cc(Cl)c1OCCCc1cc(S(N)(=O)=O)ccc1C(F)(F)F. The first-order valence-electron chi connectivity index (χ1n) is 7.74. The molecule has 10 heteroatoms. The number of hydrogen-bond acceptors (Lipinski definition) is 4. The summed E-state index contributed by atoms with van der Waals surface area (Å²) in [5.74, 6) is 0.295. The van der Waals surface area contributed by atoms with E-state index in [4.69, 9.17) is 21.5 Å². The fourth-order valence-corrected chi connectivity index (χ4v) is 3.44. The molecule has 0 aliphatic rings. The van der Waals surface area contributed by atoms with Crippen LogP contribution in [0.3, 0.4) is 0 Å². The van der Waals surface area contributed by atoms with Crippen molar-refractivity contribution in [2.75, 3.05) is 6.61 Å². The molecule has 0 saturated carbocycles. The molecule has 0 atom stereocenters. The highest BCUT2D eigenvalue weighted by Crippen LogP contribution is 2.34. The van der Waals surface area contributed by atoms with Crippen molar-refractivity contribution in [2.45, 2.75) is 30.8 Å². The van der Waals surface area contributed by atoms with Crippen LogP contribution in [-0.2, 0) is 22.6 Å². The van der Waals surface area contributed by atoms with Gasteiger partial charge in [0.05, 0.1) is 22.1 Å². The smallest absolute Gasteiger partial charge is 0.416 e. The molecule has 0 heterocycles. The minimum absolute atomic E-state index is 0.0283. The van der Waals surface area contributed by atoms with Crippen molar-refractivity contribution in [3.8, 4) is 11.5 Å². The Hall–Kier alpha value is -1.97. The number of halogens is 4.